The summed E-state index contributed by atoms with van der Waals surface area (Å²) in [5.74, 6) is -0.313. The summed E-state index contributed by atoms with van der Waals surface area (Å²) < 4.78 is 4.40. The molecule has 1 rings (SSSR count). The van der Waals surface area contributed by atoms with E-state index < -0.39 is 4.92 Å². The van der Waals surface area contributed by atoms with Crippen LogP contribution in [0.3, 0.4) is 0 Å². The average molecular weight is 208 g/mol. The molecule has 0 amide bonds. The third kappa shape index (κ3) is 6.72. The minimum absolute atomic E-state index is 0.0958. The summed E-state index contributed by atoms with van der Waals surface area (Å²) in [6, 6.07) is 4.46. The number of carbonyl (C=O) groups is 1. The highest BCUT2D eigenvalue weighted by Gasteiger charge is 2.04. The predicted octanol–water partition coefficient (Wildman–Crippen LogP) is 1.84. The van der Waals surface area contributed by atoms with Gasteiger partial charge in [0.15, 0.2) is 5.78 Å². The number of ketones is 1. The van der Waals surface area contributed by atoms with Crippen molar-refractivity contribution in [2.24, 2.45) is 0 Å². The van der Waals surface area contributed by atoms with Crippen molar-refractivity contribution >= 4 is 11.7 Å². The summed E-state index contributed by atoms with van der Waals surface area (Å²) in [6.45, 7) is 1.40. The van der Waals surface area contributed by atoms with Crippen molar-refractivity contribution < 1.29 is 14.1 Å². The minimum Gasteiger partial charge on any atom is -0.409 e. The van der Waals surface area contributed by atoms with Crippen LogP contribution in [-0.2, 0) is 4.79 Å². The highest BCUT2D eigenvalue weighted by molar-refractivity contribution is 5.87. The van der Waals surface area contributed by atoms with Crippen molar-refractivity contribution in [3.63, 3.8) is 0 Å². The minimum atomic E-state index is -0.583. The Morgan fingerprint density at radius 3 is 2.60 bits per heavy atom. The van der Waals surface area contributed by atoms with Crippen molar-refractivity contribution in [1.29, 1.82) is 5.26 Å². The van der Waals surface area contributed by atoms with Crippen LogP contribution < -0.4 is 0 Å². The van der Waals surface area contributed by atoms with E-state index in [-0.39, 0.29) is 11.7 Å². The molecule has 1 aromatic rings. The maximum atomic E-state index is 9.96. The molecule has 0 bridgehead atoms. The molecule has 0 spiro atoms. The van der Waals surface area contributed by atoms with E-state index in [4.69, 9.17) is 5.26 Å². The standard InChI is InChI=1S/C5H5NO.C4H3NO3/c1-5(7)3-2-4-6;6-5(7)4-2-1-3-8-4/h2-3H,1H3;1-3H/b3-2+;. The molecular weight excluding hydrogens is 200 g/mol. The van der Waals surface area contributed by atoms with Gasteiger partial charge in [0.05, 0.1) is 18.4 Å². The zero-order valence-corrected chi connectivity index (χ0v) is 7.91. The van der Waals surface area contributed by atoms with Gasteiger partial charge in [-0.15, -0.1) is 0 Å². The van der Waals surface area contributed by atoms with E-state index in [1.807, 2.05) is 0 Å². The first kappa shape index (κ1) is 12.6. The number of carbonyl (C=O) groups excluding carboxylic acids is 1. The van der Waals surface area contributed by atoms with E-state index in [1.54, 1.807) is 6.07 Å². The van der Waals surface area contributed by atoms with Crippen LogP contribution in [0.15, 0.2) is 35.0 Å². The van der Waals surface area contributed by atoms with Gasteiger partial charge < -0.3 is 4.42 Å². The van der Waals surface area contributed by atoms with Crippen LogP contribution in [0.25, 0.3) is 0 Å². The van der Waals surface area contributed by atoms with Crippen molar-refractivity contribution in [3.8, 4) is 6.07 Å². The van der Waals surface area contributed by atoms with Crippen LogP contribution in [0.1, 0.15) is 6.92 Å². The van der Waals surface area contributed by atoms with Gasteiger partial charge in [-0.2, -0.15) is 5.26 Å². The highest BCUT2D eigenvalue weighted by Crippen LogP contribution is 2.08. The van der Waals surface area contributed by atoms with Crippen molar-refractivity contribution in [2.45, 2.75) is 6.92 Å². The Kier molecular flexibility index (Phi) is 5.89. The van der Waals surface area contributed by atoms with Gasteiger partial charge in [0.2, 0.25) is 0 Å². The third-order valence-electron chi connectivity index (χ3n) is 1.08. The van der Waals surface area contributed by atoms with Gasteiger partial charge >= 0.3 is 5.88 Å². The molecule has 0 saturated carbocycles. The molecule has 0 aliphatic heterocycles. The number of nitro groups is 1. The Bertz CT molecular complexity index is 387. The van der Waals surface area contributed by atoms with Gasteiger partial charge in [-0.3, -0.25) is 14.9 Å². The van der Waals surface area contributed by atoms with Crippen molar-refractivity contribution in [1.82, 2.24) is 0 Å². The van der Waals surface area contributed by atoms with Crippen LogP contribution in [-0.4, -0.2) is 10.7 Å². The largest absolute Gasteiger partial charge is 0.432 e. The summed E-state index contributed by atoms with van der Waals surface area (Å²) in [5, 5.41) is 17.6. The molecular formula is C9H8N2O4. The summed E-state index contributed by atoms with van der Waals surface area (Å²) >= 11 is 0. The molecule has 0 atom stereocenters. The fourth-order valence-electron chi connectivity index (χ4n) is 0.528. The lowest BCUT2D eigenvalue weighted by Crippen LogP contribution is -1.81. The molecule has 0 aromatic carbocycles. The number of nitrogens with zero attached hydrogens (tertiary/aromatic N) is 2. The molecule has 15 heavy (non-hydrogen) atoms. The Morgan fingerprint density at radius 1 is 1.73 bits per heavy atom. The van der Waals surface area contributed by atoms with E-state index in [0.29, 0.717) is 0 Å². The second-order valence-electron chi connectivity index (χ2n) is 2.28. The van der Waals surface area contributed by atoms with Gasteiger partial charge in [-0.25, -0.2) is 0 Å². The maximum Gasteiger partial charge on any atom is 0.432 e. The summed E-state index contributed by atoms with van der Waals surface area (Å²) in [7, 11) is 0. The second-order valence-corrected chi connectivity index (χ2v) is 2.28. The van der Waals surface area contributed by atoms with Crippen LogP contribution >= 0.6 is 0 Å². The third-order valence-corrected chi connectivity index (χ3v) is 1.08. The molecule has 0 radical (unpaired) electrons. The van der Waals surface area contributed by atoms with E-state index in [9.17, 15) is 14.9 Å². The number of allylic oxidation sites excluding steroid dienone is 2. The SMILES string of the molecule is CC(=O)/C=C/C#N.O=[N+]([O-])c1ccco1. The van der Waals surface area contributed by atoms with E-state index >= 15 is 0 Å². The lowest BCUT2D eigenvalue weighted by molar-refractivity contribution is -0.402. The molecule has 0 fully saturated rings. The first-order valence-electron chi connectivity index (χ1n) is 3.82. The quantitative estimate of drug-likeness (QED) is 0.319. The van der Waals surface area contributed by atoms with Crippen molar-refractivity contribution in [2.75, 3.05) is 0 Å². The number of hydrogen-bond acceptors (Lipinski definition) is 5. The monoisotopic (exact) mass is 208 g/mol. The van der Waals surface area contributed by atoms with Gasteiger partial charge in [-0.1, -0.05) is 0 Å². The van der Waals surface area contributed by atoms with Crippen LogP contribution in [0.4, 0.5) is 5.88 Å². The fraction of sp³-hybridized carbons (Fsp3) is 0.111. The lowest BCUT2D eigenvalue weighted by Gasteiger charge is -1.76. The number of rotatable bonds is 2. The van der Waals surface area contributed by atoms with Crippen molar-refractivity contribution in [3.05, 3.63) is 40.7 Å². The predicted molar refractivity (Wildman–Crippen MR) is 50.8 cm³/mol. The fourth-order valence-corrected chi connectivity index (χ4v) is 0.528. The molecule has 0 unspecified atom stereocenters. The van der Waals surface area contributed by atoms with Crippen LogP contribution in [0.5, 0.6) is 0 Å². The Morgan fingerprint density at radius 2 is 2.40 bits per heavy atom. The number of nitriles is 1. The molecule has 1 aromatic heterocycles. The van der Waals surface area contributed by atoms with Gasteiger partial charge in [0.25, 0.3) is 0 Å². The molecule has 1 heterocycles. The Labute approximate surface area is 85.6 Å². The molecule has 78 valence electrons. The normalized spacial score (nSPS) is 8.80. The van der Waals surface area contributed by atoms with Gasteiger partial charge in [-0.05, 0) is 19.1 Å². The lowest BCUT2D eigenvalue weighted by atomic mass is 10.4. The topological polar surface area (TPSA) is 97.1 Å². The number of furan rings is 1. The Balaban J connectivity index is 0.000000265. The second kappa shape index (κ2) is 7.03. The van der Waals surface area contributed by atoms with E-state index in [1.165, 1.54) is 31.4 Å². The van der Waals surface area contributed by atoms with E-state index in [0.717, 1.165) is 6.08 Å². The van der Waals surface area contributed by atoms with Crippen LogP contribution in [0, 0.1) is 21.4 Å². The molecule has 0 saturated heterocycles. The average Bonchev–Trinajstić information content (AvgIpc) is 2.68. The summed E-state index contributed by atoms with van der Waals surface area (Å²) in [4.78, 5) is 19.2. The van der Waals surface area contributed by atoms with E-state index in [2.05, 4.69) is 4.42 Å². The molecule has 6 heteroatoms. The molecule has 0 aliphatic rings. The smallest absolute Gasteiger partial charge is 0.409 e. The molecule has 0 N–H and O–H groups in total. The molecule has 6 nitrogen and oxygen atoms in total. The van der Waals surface area contributed by atoms with Gasteiger partial charge in [0, 0.05) is 6.08 Å². The zero-order chi connectivity index (χ0) is 11.7. The Hall–Kier alpha value is -2.42. The summed E-state index contributed by atoms with van der Waals surface area (Å²) in [6.07, 6.45) is 3.64. The van der Waals surface area contributed by atoms with Crippen LogP contribution in [0.2, 0.25) is 0 Å². The summed E-state index contributed by atoms with van der Waals surface area (Å²) in [5.41, 5.74) is 0. The zero-order valence-electron chi connectivity index (χ0n) is 7.91. The maximum absolute atomic E-state index is 9.96. The first-order chi connectivity index (χ1) is 7.07. The van der Waals surface area contributed by atoms with Gasteiger partial charge in [0.1, 0.15) is 4.92 Å². The highest BCUT2D eigenvalue weighted by atomic mass is 16.6. The number of hydrogen-bond donors (Lipinski definition) is 0. The molecule has 0 aliphatic carbocycles. The first-order valence-corrected chi connectivity index (χ1v) is 3.82.